The van der Waals surface area contributed by atoms with E-state index in [1.807, 2.05) is 0 Å². The highest BCUT2D eigenvalue weighted by atomic mass is 35.5. The lowest BCUT2D eigenvalue weighted by molar-refractivity contribution is 0.592. The summed E-state index contributed by atoms with van der Waals surface area (Å²) in [6.07, 6.45) is 0. The zero-order valence-electron chi connectivity index (χ0n) is 12.0. The summed E-state index contributed by atoms with van der Waals surface area (Å²) in [5.74, 6) is 0. The van der Waals surface area contributed by atoms with E-state index in [1.165, 1.54) is 22.7 Å². The van der Waals surface area contributed by atoms with Crippen LogP contribution < -0.4 is 5.56 Å². The lowest BCUT2D eigenvalue weighted by Crippen LogP contribution is -2.12. The van der Waals surface area contributed by atoms with Crippen LogP contribution in [0.3, 0.4) is 0 Å². The van der Waals surface area contributed by atoms with Crippen molar-refractivity contribution in [2.75, 3.05) is 0 Å². The summed E-state index contributed by atoms with van der Waals surface area (Å²) in [7, 11) is -3.91. The van der Waals surface area contributed by atoms with E-state index < -0.39 is 15.4 Å². The van der Waals surface area contributed by atoms with Crippen LogP contribution in [0.2, 0.25) is 5.02 Å². The Kier molecular flexibility index (Phi) is 3.19. The molecule has 0 aliphatic heterocycles. The van der Waals surface area contributed by atoms with Gasteiger partial charge in [0.25, 0.3) is 5.56 Å². The van der Waals surface area contributed by atoms with Crippen LogP contribution >= 0.6 is 11.6 Å². The average molecular weight is 361 g/mol. The molecular weight excluding hydrogens is 352 g/mol. The molecule has 0 radical (unpaired) electrons. The van der Waals surface area contributed by atoms with Crippen molar-refractivity contribution in [1.82, 2.24) is 19.8 Å². The first-order valence-corrected chi connectivity index (χ1v) is 8.71. The molecule has 2 aromatic carbocycles. The molecule has 120 valence electrons. The van der Waals surface area contributed by atoms with Gasteiger partial charge in [0.15, 0.2) is 5.65 Å². The van der Waals surface area contributed by atoms with Crippen LogP contribution in [0.4, 0.5) is 0 Å². The first-order chi connectivity index (χ1) is 11.5. The molecule has 0 bridgehead atoms. The number of nitrogens with one attached hydrogen (secondary N) is 1. The van der Waals surface area contributed by atoms with Gasteiger partial charge in [-0.25, -0.2) is 18.1 Å². The Hall–Kier alpha value is -2.71. The summed E-state index contributed by atoms with van der Waals surface area (Å²) >= 11 is 5.90. The van der Waals surface area contributed by atoms with Gasteiger partial charge in [0.2, 0.25) is 14.9 Å². The standard InChI is InChI=1S/C15H9ClN4O3S/c16-9-6-7-12-11(8-9)14(21)17-13-15(18-19-20(12)13)24(22,23)10-4-2-1-3-5-10/h1-8,19H. The Morgan fingerprint density at radius 1 is 1.08 bits per heavy atom. The van der Waals surface area contributed by atoms with Gasteiger partial charge in [-0.15, -0.1) is 5.10 Å². The number of aromatic nitrogens is 4. The molecule has 0 spiro atoms. The summed E-state index contributed by atoms with van der Waals surface area (Å²) in [5.41, 5.74) is -0.187. The molecule has 0 saturated heterocycles. The molecule has 0 saturated carbocycles. The van der Waals surface area contributed by atoms with Crippen LogP contribution in [0, 0.1) is 0 Å². The van der Waals surface area contributed by atoms with E-state index in [-0.39, 0.29) is 21.0 Å². The van der Waals surface area contributed by atoms with E-state index in [9.17, 15) is 13.2 Å². The van der Waals surface area contributed by atoms with Gasteiger partial charge >= 0.3 is 0 Å². The van der Waals surface area contributed by atoms with Crippen molar-refractivity contribution in [3.8, 4) is 0 Å². The summed E-state index contributed by atoms with van der Waals surface area (Å²) in [6, 6.07) is 12.5. The largest absolute Gasteiger partial charge is 0.281 e. The normalized spacial score (nSPS) is 12.0. The van der Waals surface area contributed by atoms with E-state index >= 15 is 0 Å². The third-order valence-corrected chi connectivity index (χ3v) is 5.51. The summed E-state index contributed by atoms with van der Waals surface area (Å²) in [5, 5.41) is 6.82. The van der Waals surface area contributed by atoms with Crippen molar-refractivity contribution in [3.63, 3.8) is 0 Å². The zero-order chi connectivity index (χ0) is 16.9. The van der Waals surface area contributed by atoms with Crippen LogP contribution in [0.5, 0.6) is 0 Å². The molecule has 9 heteroatoms. The topological polar surface area (TPSA) is 97.2 Å². The fourth-order valence-electron chi connectivity index (χ4n) is 2.48. The first-order valence-electron chi connectivity index (χ1n) is 6.85. The van der Waals surface area contributed by atoms with Gasteiger partial charge in [0.1, 0.15) is 0 Å². The number of fused-ring (bicyclic) bond motifs is 3. The molecule has 24 heavy (non-hydrogen) atoms. The first kappa shape index (κ1) is 14.9. The van der Waals surface area contributed by atoms with Crippen LogP contribution in [-0.4, -0.2) is 28.2 Å². The van der Waals surface area contributed by atoms with E-state index in [0.29, 0.717) is 10.5 Å². The van der Waals surface area contributed by atoms with Gasteiger partial charge in [-0.05, 0) is 30.3 Å². The van der Waals surface area contributed by atoms with Crippen molar-refractivity contribution in [2.24, 2.45) is 0 Å². The number of hydrogen-bond acceptors (Lipinski definition) is 5. The molecule has 1 N–H and O–H groups in total. The Bertz CT molecular complexity index is 1250. The molecule has 0 aliphatic carbocycles. The minimum absolute atomic E-state index is 0.0568. The number of rotatable bonds is 2. The van der Waals surface area contributed by atoms with Crippen LogP contribution in [-0.2, 0) is 9.84 Å². The molecule has 0 aliphatic rings. The highest BCUT2D eigenvalue weighted by Gasteiger charge is 2.26. The number of hydrogen-bond donors (Lipinski definition) is 1. The maximum Gasteiger partial charge on any atom is 0.281 e. The van der Waals surface area contributed by atoms with Gasteiger partial charge in [0.05, 0.1) is 15.8 Å². The minimum atomic E-state index is -3.91. The molecule has 4 aromatic rings. The van der Waals surface area contributed by atoms with Crippen molar-refractivity contribution in [3.05, 3.63) is 63.9 Å². The van der Waals surface area contributed by atoms with Gasteiger partial charge in [-0.2, -0.15) is 4.98 Å². The summed E-state index contributed by atoms with van der Waals surface area (Å²) in [4.78, 5) is 16.2. The van der Waals surface area contributed by atoms with E-state index in [0.717, 1.165) is 0 Å². The molecule has 7 nitrogen and oxygen atoms in total. The number of nitrogens with zero attached hydrogens (tertiary/aromatic N) is 3. The number of aromatic amines is 1. The highest BCUT2D eigenvalue weighted by Crippen LogP contribution is 2.23. The SMILES string of the molecule is O=c1nc2c(S(=O)(=O)c3ccccc3)n[nH]n2c2ccc(Cl)cc12. The molecular formula is C15H9ClN4O3S. The second-order valence-electron chi connectivity index (χ2n) is 5.07. The minimum Gasteiger partial charge on any atom is -0.267 e. The average Bonchev–Trinajstić information content (AvgIpc) is 3.00. The monoisotopic (exact) mass is 360 g/mol. The van der Waals surface area contributed by atoms with Crippen LogP contribution in [0.15, 0.2) is 63.2 Å². The van der Waals surface area contributed by atoms with Crippen molar-refractivity contribution in [2.45, 2.75) is 9.92 Å². The fraction of sp³-hybridized carbons (Fsp3) is 0. The quantitative estimate of drug-likeness (QED) is 0.590. The number of benzene rings is 2. The molecule has 0 unspecified atom stereocenters. The zero-order valence-corrected chi connectivity index (χ0v) is 13.5. The Morgan fingerprint density at radius 3 is 2.58 bits per heavy atom. The number of H-pyrrole nitrogens is 1. The maximum absolute atomic E-state index is 12.8. The highest BCUT2D eigenvalue weighted by molar-refractivity contribution is 7.91. The van der Waals surface area contributed by atoms with Crippen LogP contribution in [0.25, 0.3) is 16.6 Å². The second-order valence-corrected chi connectivity index (χ2v) is 7.37. The third-order valence-electron chi connectivity index (χ3n) is 3.60. The molecule has 0 atom stereocenters. The number of halogens is 1. The lowest BCUT2D eigenvalue weighted by Gasteiger charge is -2.02. The number of sulfone groups is 1. The van der Waals surface area contributed by atoms with Crippen molar-refractivity contribution < 1.29 is 8.42 Å². The fourth-order valence-corrected chi connectivity index (χ4v) is 3.93. The van der Waals surface area contributed by atoms with Gasteiger partial charge in [0, 0.05) is 5.02 Å². The summed E-state index contributed by atoms with van der Waals surface area (Å²) < 4.78 is 26.9. The lowest BCUT2D eigenvalue weighted by atomic mass is 10.2. The molecule has 2 aromatic heterocycles. The van der Waals surface area contributed by atoms with Crippen molar-refractivity contribution >= 4 is 38.0 Å². The van der Waals surface area contributed by atoms with Gasteiger partial charge < -0.3 is 0 Å². The van der Waals surface area contributed by atoms with E-state index in [1.54, 1.807) is 30.3 Å². The molecule has 0 fully saturated rings. The third kappa shape index (κ3) is 2.11. The van der Waals surface area contributed by atoms with Gasteiger partial charge in [-0.3, -0.25) is 4.79 Å². The predicted molar refractivity (Wildman–Crippen MR) is 88.0 cm³/mol. The predicted octanol–water partition coefficient (Wildman–Crippen LogP) is 2.06. The smallest absolute Gasteiger partial charge is 0.267 e. The molecule has 4 rings (SSSR count). The Balaban J connectivity index is 2.08. The Morgan fingerprint density at radius 2 is 1.83 bits per heavy atom. The second kappa shape index (κ2) is 5.15. The van der Waals surface area contributed by atoms with E-state index in [4.69, 9.17) is 11.6 Å². The molecule has 2 heterocycles. The molecule has 0 amide bonds. The van der Waals surface area contributed by atoms with Crippen molar-refractivity contribution in [1.29, 1.82) is 0 Å². The van der Waals surface area contributed by atoms with Gasteiger partial charge in [-0.1, -0.05) is 29.8 Å². The summed E-state index contributed by atoms with van der Waals surface area (Å²) in [6.45, 7) is 0. The maximum atomic E-state index is 12.8. The van der Waals surface area contributed by atoms with E-state index in [2.05, 4.69) is 15.3 Å². The van der Waals surface area contributed by atoms with Crippen LogP contribution in [0.1, 0.15) is 0 Å². The Labute approximate surface area is 140 Å².